The summed E-state index contributed by atoms with van der Waals surface area (Å²) in [5.74, 6) is -1.31. The molecule has 0 saturated heterocycles. The van der Waals surface area contributed by atoms with Gasteiger partial charge in [0.15, 0.2) is 0 Å². The molecule has 1 heterocycles. The van der Waals surface area contributed by atoms with Crippen LogP contribution in [0.4, 0.5) is 5.69 Å². The molecule has 0 atom stereocenters. The van der Waals surface area contributed by atoms with Gasteiger partial charge in [-0.1, -0.05) is 12.1 Å². The maximum Gasteiger partial charge on any atom is 0.351 e. The van der Waals surface area contributed by atoms with Crippen LogP contribution in [-0.4, -0.2) is 18.1 Å². The Kier molecular flexibility index (Phi) is 4.23. The van der Waals surface area contributed by atoms with Crippen LogP contribution in [0.2, 0.25) is 0 Å². The van der Waals surface area contributed by atoms with Crippen molar-refractivity contribution in [2.45, 2.75) is 6.54 Å². The van der Waals surface area contributed by atoms with Gasteiger partial charge >= 0.3 is 11.6 Å². The molecular formula is C19H14N2O4. The number of benzene rings is 2. The van der Waals surface area contributed by atoms with E-state index in [-0.39, 0.29) is 5.56 Å². The molecule has 0 aliphatic carbocycles. The zero-order valence-corrected chi connectivity index (χ0v) is 13.4. The normalized spacial score (nSPS) is 10.4. The molecule has 0 fully saturated rings. The van der Waals surface area contributed by atoms with Crippen LogP contribution >= 0.6 is 0 Å². The Morgan fingerprint density at radius 2 is 1.92 bits per heavy atom. The van der Waals surface area contributed by atoms with Gasteiger partial charge in [-0.3, -0.25) is 0 Å². The highest BCUT2D eigenvalue weighted by molar-refractivity contribution is 5.92. The molecule has 0 radical (unpaired) electrons. The van der Waals surface area contributed by atoms with Crippen LogP contribution in [0, 0.1) is 11.3 Å². The highest BCUT2D eigenvalue weighted by Gasteiger charge is 2.13. The van der Waals surface area contributed by atoms with Crippen molar-refractivity contribution in [3.63, 3.8) is 0 Å². The molecule has 1 aromatic heterocycles. The van der Waals surface area contributed by atoms with Crippen LogP contribution in [0.3, 0.4) is 0 Å². The molecule has 0 bridgehead atoms. The van der Waals surface area contributed by atoms with Crippen molar-refractivity contribution in [1.82, 2.24) is 0 Å². The van der Waals surface area contributed by atoms with Crippen LogP contribution in [0.25, 0.3) is 11.0 Å². The standard InChI is InChI=1S/C19H14N2O4/c1-21(11-13-4-2-12(10-20)3-5-13)15-7-6-14-8-16(18(22)23)19(24)25-17(14)9-15/h2-9H,11H2,1H3,(H,22,23). The molecule has 3 aromatic rings. The van der Waals surface area contributed by atoms with Crippen LogP contribution in [0.15, 0.2) is 57.7 Å². The van der Waals surface area contributed by atoms with Crippen LogP contribution < -0.4 is 10.5 Å². The summed E-state index contributed by atoms with van der Waals surface area (Å²) >= 11 is 0. The average molecular weight is 334 g/mol. The van der Waals surface area contributed by atoms with Crippen LogP contribution in [0.1, 0.15) is 21.5 Å². The first-order valence-electron chi connectivity index (χ1n) is 7.49. The number of carboxylic acid groups (broad SMARTS) is 1. The van der Waals surface area contributed by atoms with E-state index in [1.54, 1.807) is 24.3 Å². The van der Waals surface area contributed by atoms with E-state index in [4.69, 9.17) is 14.8 Å². The lowest BCUT2D eigenvalue weighted by molar-refractivity contribution is 0.0692. The smallest absolute Gasteiger partial charge is 0.351 e. The second kappa shape index (κ2) is 6.49. The lowest BCUT2D eigenvalue weighted by Gasteiger charge is -2.19. The number of hydrogen-bond donors (Lipinski definition) is 1. The second-order valence-corrected chi connectivity index (χ2v) is 5.64. The van der Waals surface area contributed by atoms with Crippen LogP contribution in [-0.2, 0) is 6.54 Å². The van der Waals surface area contributed by atoms with E-state index in [9.17, 15) is 9.59 Å². The number of carbonyl (C=O) groups is 1. The third kappa shape index (κ3) is 3.35. The second-order valence-electron chi connectivity index (χ2n) is 5.64. The highest BCUT2D eigenvalue weighted by Crippen LogP contribution is 2.22. The molecule has 2 aromatic carbocycles. The number of hydrogen-bond acceptors (Lipinski definition) is 5. The minimum absolute atomic E-state index is 0.333. The molecule has 25 heavy (non-hydrogen) atoms. The third-order valence-electron chi connectivity index (χ3n) is 3.89. The van der Waals surface area contributed by atoms with Crippen molar-refractivity contribution in [3.05, 3.63) is 75.6 Å². The third-order valence-corrected chi connectivity index (χ3v) is 3.89. The Morgan fingerprint density at radius 3 is 2.56 bits per heavy atom. The predicted molar refractivity (Wildman–Crippen MR) is 92.7 cm³/mol. The molecule has 6 heteroatoms. The maximum atomic E-state index is 11.7. The quantitative estimate of drug-likeness (QED) is 0.737. The van der Waals surface area contributed by atoms with Gasteiger partial charge in [-0.05, 0) is 35.9 Å². The Morgan fingerprint density at radius 1 is 1.20 bits per heavy atom. The van der Waals surface area contributed by atoms with Gasteiger partial charge < -0.3 is 14.4 Å². The average Bonchev–Trinajstić information content (AvgIpc) is 2.61. The Bertz CT molecular complexity index is 1050. The first kappa shape index (κ1) is 16.3. The number of carboxylic acids is 1. The van der Waals surface area contributed by atoms with Crippen molar-refractivity contribution in [2.75, 3.05) is 11.9 Å². The summed E-state index contributed by atoms with van der Waals surface area (Å²) in [7, 11) is 1.89. The fourth-order valence-corrected chi connectivity index (χ4v) is 2.54. The van der Waals surface area contributed by atoms with Gasteiger partial charge in [0.2, 0.25) is 0 Å². The number of aromatic carboxylic acids is 1. The minimum atomic E-state index is -1.31. The SMILES string of the molecule is CN(Cc1ccc(C#N)cc1)c1ccc2cc(C(=O)O)c(=O)oc2c1. The van der Waals surface area contributed by atoms with E-state index in [1.165, 1.54) is 6.07 Å². The summed E-state index contributed by atoms with van der Waals surface area (Å²) in [4.78, 5) is 24.7. The van der Waals surface area contributed by atoms with Gasteiger partial charge in [-0.25, -0.2) is 9.59 Å². The van der Waals surface area contributed by atoms with Gasteiger partial charge in [0.25, 0.3) is 0 Å². The molecule has 3 rings (SSSR count). The van der Waals surface area contributed by atoms with Crippen LogP contribution in [0.5, 0.6) is 0 Å². The van der Waals surface area contributed by atoms with Gasteiger partial charge in [0.05, 0.1) is 11.6 Å². The van der Waals surface area contributed by atoms with E-state index in [0.29, 0.717) is 23.1 Å². The van der Waals surface area contributed by atoms with E-state index in [1.807, 2.05) is 30.1 Å². The summed E-state index contributed by atoms with van der Waals surface area (Å²) in [6, 6.07) is 15.9. The molecule has 6 nitrogen and oxygen atoms in total. The Labute approximate surface area is 143 Å². The molecule has 124 valence electrons. The number of anilines is 1. The maximum absolute atomic E-state index is 11.7. The van der Waals surface area contributed by atoms with Crippen molar-refractivity contribution in [1.29, 1.82) is 5.26 Å². The first-order valence-corrected chi connectivity index (χ1v) is 7.49. The van der Waals surface area contributed by atoms with Crippen molar-refractivity contribution in [2.24, 2.45) is 0 Å². The van der Waals surface area contributed by atoms with Crippen molar-refractivity contribution < 1.29 is 14.3 Å². The topological polar surface area (TPSA) is 94.5 Å². The molecule has 0 unspecified atom stereocenters. The molecule has 0 aliphatic rings. The largest absolute Gasteiger partial charge is 0.477 e. The Hall–Kier alpha value is -3.59. The lowest BCUT2D eigenvalue weighted by Crippen LogP contribution is -2.16. The number of nitrogens with zero attached hydrogens (tertiary/aromatic N) is 2. The summed E-state index contributed by atoms with van der Waals surface area (Å²) in [5.41, 5.74) is 1.54. The molecule has 0 saturated carbocycles. The Balaban J connectivity index is 1.90. The zero-order chi connectivity index (χ0) is 18.0. The summed E-state index contributed by atoms with van der Waals surface area (Å²) in [5, 5.41) is 18.4. The number of fused-ring (bicyclic) bond motifs is 1. The molecule has 1 N–H and O–H groups in total. The van der Waals surface area contributed by atoms with Crippen molar-refractivity contribution >= 4 is 22.6 Å². The fourth-order valence-electron chi connectivity index (χ4n) is 2.54. The number of rotatable bonds is 4. The van der Waals surface area contributed by atoms with Gasteiger partial charge in [-0.2, -0.15) is 5.26 Å². The highest BCUT2D eigenvalue weighted by atomic mass is 16.4. The summed E-state index contributed by atoms with van der Waals surface area (Å²) in [6.45, 7) is 0.606. The molecule has 0 amide bonds. The zero-order valence-electron chi connectivity index (χ0n) is 13.4. The van der Waals surface area contributed by atoms with E-state index >= 15 is 0 Å². The van der Waals surface area contributed by atoms with Gasteiger partial charge in [-0.15, -0.1) is 0 Å². The lowest BCUT2D eigenvalue weighted by atomic mass is 10.1. The monoisotopic (exact) mass is 334 g/mol. The number of nitriles is 1. The molecule has 0 spiro atoms. The van der Waals surface area contributed by atoms with E-state index in [0.717, 1.165) is 11.3 Å². The summed E-state index contributed by atoms with van der Waals surface area (Å²) in [6.07, 6.45) is 0. The van der Waals surface area contributed by atoms with Crippen molar-refractivity contribution in [3.8, 4) is 6.07 Å². The summed E-state index contributed by atoms with van der Waals surface area (Å²) < 4.78 is 5.13. The van der Waals surface area contributed by atoms with E-state index in [2.05, 4.69) is 6.07 Å². The molecular weight excluding hydrogens is 320 g/mol. The minimum Gasteiger partial charge on any atom is -0.477 e. The van der Waals surface area contributed by atoms with Gasteiger partial charge in [0, 0.05) is 30.7 Å². The predicted octanol–water partition coefficient (Wildman–Crippen LogP) is 3.00. The molecule has 0 aliphatic heterocycles. The fraction of sp³-hybridized carbons (Fsp3) is 0.105. The first-order chi connectivity index (χ1) is 12.0. The van der Waals surface area contributed by atoms with Gasteiger partial charge in [0.1, 0.15) is 11.1 Å². The van der Waals surface area contributed by atoms with E-state index < -0.39 is 11.6 Å².